The van der Waals surface area contributed by atoms with E-state index < -0.39 is 0 Å². The van der Waals surface area contributed by atoms with Crippen LogP contribution in [-0.2, 0) is 4.79 Å². The zero-order valence-corrected chi connectivity index (χ0v) is 10.4. The predicted molar refractivity (Wildman–Crippen MR) is 66.2 cm³/mol. The Balaban J connectivity index is 2.29. The Hall–Kier alpha value is -0.610. The Morgan fingerprint density at radius 2 is 2.06 bits per heavy atom. The van der Waals surface area contributed by atoms with E-state index in [1.54, 1.807) is 0 Å². The normalized spacial score (nSPS) is 16.9. The Labute approximate surface area is 98.6 Å². The van der Waals surface area contributed by atoms with E-state index in [-0.39, 0.29) is 5.91 Å². The summed E-state index contributed by atoms with van der Waals surface area (Å²) in [5.74, 6) is 0.155. The molecule has 1 amide bonds. The maximum absolute atomic E-state index is 11.4. The molecule has 0 heterocycles. The lowest BCUT2D eigenvalue weighted by Crippen LogP contribution is -2.39. The van der Waals surface area contributed by atoms with Crippen molar-refractivity contribution in [3.63, 3.8) is 0 Å². The maximum atomic E-state index is 11.4. The fourth-order valence-electron chi connectivity index (χ4n) is 2.44. The van der Waals surface area contributed by atoms with Crippen LogP contribution in [0.25, 0.3) is 0 Å². The Bertz CT molecular complexity index is 202. The quantitative estimate of drug-likeness (QED) is 0.673. The second-order valence-corrected chi connectivity index (χ2v) is 4.47. The highest BCUT2D eigenvalue weighted by molar-refractivity contribution is 5.75. The molecule has 1 aliphatic rings. The third-order valence-corrected chi connectivity index (χ3v) is 3.26. The summed E-state index contributed by atoms with van der Waals surface area (Å²) in [6.45, 7) is 5.13. The van der Waals surface area contributed by atoms with Crippen LogP contribution >= 0.6 is 0 Å². The highest BCUT2D eigenvalue weighted by atomic mass is 16.1. The van der Waals surface area contributed by atoms with Crippen LogP contribution in [0.5, 0.6) is 0 Å². The van der Waals surface area contributed by atoms with Crippen molar-refractivity contribution in [3.8, 4) is 0 Å². The lowest BCUT2D eigenvalue weighted by molar-refractivity contribution is -0.121. The minimum absolute atomic E-state index is 0.155. The molecule has 0 atom stereocenters. The average molecular weight is 227 g/mol. The molecule has 3 N–H and O–H groups in total. The van der Waals surface area contributed by atoms with Gasteiger partial charge in [-0.15, -0.1) is 0 Å². The van der Waals surface area contributed by atoms with E-state index in [2.05, 4.69) is 10.2 Å². The van der Waals surface area contributed by atoms with Gasteiger partial charge in [0.25, 0.3) is 0 Å². The summed E-state index contributed by atoms with van der Waals surface area (Å²) in [4.78, 5) is 13.8. The van der Waals surface area contributed by atoms with E-state index in [4.69, 9.17) is 5.73 Å². The summed E-state index contributed by atoms with van der Waals surface area (Å²) >= 11 is 0. The van der Waals surface area contributed by atoms with Crippen molar-refractivity contribution in [2.24, 2.45) is 5.73 Å². The number of nitrogens with two attached hydrogens (primary N) is 1. The fourth-order valence-corrected chi connectivity index (χ4v) is 2.44. The predicted octanol–water partition coefficient (Wildman–Crippen LogP) is 0.716. The van der Waals surface area contributed by atoms with E-state index >= 15 is 0 Å². The number of hydrogen-bond acceptors (Lipinski definition) is 3. The zero-order chi connectivity index (χ0) is 11.8. The van der Waals surface area contributed by atoms with Crippen LogP contribution < -0.4 is 11.1 Å². The van der Waals surface area contributed by atoms with E-state index in [0.29, 0.717) is 19.0 Å². The molecule has 4 heteroatoms. The van der Waals surface area contributed by atoms with Crippen molar-refractivity contribution in [3.05, 3.63) is 0 Å². The van der Waals surface area contributed by atoms with Gasteiger partial charge in [-0.3, -0.25) is 9.69 Å². The van der Waals surface area contributed by atoms with Gasteiger partial charge in [-0.1, -0.05) is 12.8 Å². The molecule has 4 nitrogen and oxygen atoms in total. The summed E-state index contributed by atoms with van der Waals surface area (Å²) in [5.41, 5.74) is 5.62. The van der Waals surface area contributed by atoms with Crippen molar-refractivity contribution < 1.29 is 4.79 Å². The smallest absolute Gasteiger partial charge is 0.221 e. The average Bonchev–Trinajstić information content (AvgIpc) is 2.78. The van der Waals surface area contributed by atoms with Crippen molar-refractivity contribution in [2.45, 2.75) is 45.1 Å². The van der Waals surface area contributed by atoms with Crippen molar-refractivity contribution in [1.82, 2.24) is 10.2 Å². The van der Waals surface area contributed by atoms with Gasteiger partial charge >= 0.3 is 0 Å². The molecule has 1 fully saturated rings. The Morgan fingerprint density at radius 3 is 2.62 bits per heavy atom. The topological polar surface area (TPSA) is 58.4 Å². The lowest BCUT2D eigenvalue weighted by atomic mass is 10.2. The van der Waals surface area contributed by atoms with Gasteiger partial charge in [-0.05, 0) is 19.8 Å². The third-order valence-electron chi connectivity index (χ3n) is 3.26. The van der Waals surface area contributed by atoms with Crippen LogP contribution in [0.2, 0.25) is 0 Å². The summed E-state index contributed by atoms with van der Waals surface area (Å²) in [6.07, 6.45) is 5.80. The molecule has 0 unspecified atom stereocenters. The molecule has 0 spiro atoms. The molecule has 0 aromatic carbocycles. The minimum atomic E-state index is 0.155. The van der Waals surface area contributed by atoms with Crippen LogP contribution in [0.15, 0.2) is 0 Å². The highest BCUT2D eigenvalue weighted by Crippen LogP contribution is 2.23. The standard InChI is InChI=1S/C12H25N3O/c1-2-14-12(16)7-9-15(10-8-13)11-5-3-4-6-11/h11H,2-10,13H2,1H3,(H,14,16). The molecule has 0 aromatic rings. The summed E-state index contributed by atoms with van der Waals surface area (Å²) in [5, 5.41) is 2.84. The molecule has 0 bridgehead atoms. The van der Waals surface area contributed by atoms with Gasteiger partial charge in [0.15, 0.2) is 0 Å². The SMILES string of the molecule is CCNC(=O)CCN(CCN)C1CCCC1. The molecular formula is C12H25N3O. The number of hydrogen-bond donors (Lipinski definition) is 2. The fraction of sp³-hybridized carbons (Fsp3) is 0.917. The number of amides is 1. The molecule has 0 radical (unpaired) electrons. The summed E-state index contributed by atoms with van der Waals surface area (Å²) in [6, 6.07) is 0.665. The first-order valence-corrected chi connectivity index (χ1v) is 6.48. The lowest BCUT2D eigenvalue weighted by Gasteiger charge is -2.27. The van der Waals surface area contributed by atoms with E-state index in [9.17, 15) is 4.79 Å². The number of nitrogens with zero attached hydrogens (tertiary/aromatic N) is 1. The molecule has 16 heavy (non-hydrogen) atoms. The summed E-state index contributed by atoms with van der Waals surface area (Å²) in [7, 11) is 0. The van der Waals surface area contributed by atoms with Gasteiger partial charge in [0.1, 0.15) is 0 Å². The van der Waals surface area contributed by atoms with Crippen molar-refractivity contribution >= 4 is 5.91 Å². The van der Waals surface area contributed by atoms with Crippen molar-refractivity contribution in [1.29, 1.82) is 0 Å². The van der Waals surface area contributed by atoms with Crippen molar-refractivity contribution in [2.75, 3.05) is 26.2 Å². The largest absolute Gasteiger partial charge is 0.356 e. The summed E-state index contributed by atoms with van der Waals surface area (Å²) < 4.78 is 0. The minimum Gasteiger partial charge on any atom is -0.356 e. The molecule has 1 aliphatic carbocycles. The first kappa shape index (κ1) is 13.5. The van der Waals surface area contributed by atoms with Gasteiger partial charge in [0.05, 0.1) is 0 Å². The van der Waals surface area contributed by atoms with Gasteiger partial charge in [0, 0.05) is 38.6 Å². The first-order valence-electron chi connectivity index (χ1n) is 6.48. The zero-order valence-electron chi connectivity index (χ0n) is 10.4. The second-order valence-electron chi connectivity index (χ2n) is 4.47. The van der Waals surface area contributed by atoms with Crippen LogP contribution in [0, 0.1) is 0 Å². The van der Waals surface area contributed by atoms with Gasteiger partial charge < -0.3 is 11.1 Å². The molecule has 0 saturated heterocycles. The highest BCUT2D eigenvalue weighted by Gasteiger charge is 2.22. The van der Waals surface area contributed by atoms with Gasteiger partial charge in [-0.25, -0.2) is 0 Å². The molecule has 0 aliphatic heterocycles. The van der Waals surface area contributed by atoms with Crippen LogP contribution in [-0.4, -0.2) is 43.0 Å². The molecule has 1 rings (SSSR count). The number of carbonyl (C=O) groups is 1. The number of rotatable bonds is 7. The molecule has 1 saturated carbocycles. The molecule has 94 valence electrons. The van der Waals surface area contributed by atoms with E-state index in [1.165, 1.54) is 25.7 Å². The van der Waals surface area contributed by atoms with Gasteiger partial charge in [-0.2, -0.15) is 0 Å². The maximum Gasteiger partial charge on any atom is 0.221 e. The third kappa shape index (κ3) is 4.49. The number of carbonyl (C=O) groups excluding carboxylic acids is 1. The Morgan fingerprint density at radius 1 is 1.38 bits per heavy atom. The van der Waals surface area contributed by atoms with Crippen LogP contribution in [0.4, 0.5) is 0 Å². The second kappa shape index (κ2) is 7.63. The van der Waals surface area contributed by atoms with Crippen LogP contribution in [0.1, 0.15) is 39.0 Å². The van der Waals surface area contributed by atoms with Gasteiger partial charge in [0.2, 0.25) is 5.91 Å². The monoisotopic (exact) mass is 227 g/mol. The number of nitrogens with one attached hydrogen (secondary N) is 1. The first-order chi connectivity index (χ1) is 7.77. The molecule has 0 aromatic heterocycles. The van der Waals surface area contributed by atoms with E-state index in [1.807, 2.05) is 6.92 Å². The van der Waals surface area contributed by atoms with Crippen LogP contribution in [0.3, 0.4) is 0 Å². The molecular weight excluding hydrogens is 202 g/mol. The van der Waals surface area contributed by atoms with E-state index in [0.717, 1.165) is 19.6 Å². The Kier molecular flexibility index (Phi) is 6.42.